The smallest absolute Gasteiger partial charge is 0.421 e. The van der Waals surface area contributed by atoms with E-state index in [0.717, 1.165) is 107 Å². The molecule has 1 aliphatic heterocycles. The molecular formula is C92H118Cl6N30O12S8. The highest BCUT2D eigenvalue weighted by molar-refractivity contribution is 7.86. The number of hydrogen-bond acceptors (Lipinski definition) is 39. The Balaban J connectivity index is 0.000000569. The van der Waals surface area contributed by atoms with E-state index in [0.29, 0.717) is 69.8 Å². The van der Waals surface area contributed by atoms with Crippen LogP contribution in [-0.4, -0.2) is 144 Å². The number of ether oxygens (including phenoxy) is 3. The molecule has 3 N–H and O–H groups in total. The fourth-order valence-electron chi connectivity index (χ4n) is 11.5. The van der Waals surface area contributed by atoms with Crippen molar-refractivity contribution in [1.82, 2.24) is 4.57 Å². The number of rotatable bonds is 25. The summed E-state index contributed by atoms with van der Waals surface area (Å²) >= 11 is 15.5. The summed E-state index contributed by atoms with van der Waals surface area (Å²) in [6.07, 6.45) is 16.9. The number of likely N-dealkylation sites (N-methyl/N-ethyl adjacent to an activating group) is 1. The Morgan fingerprint density at radius 3 is 1.26 bits per heavy atom. The van der Waals surface area contributed by atoms with Gasteiger partial charge >= 0.3 is 36.7 Å². The van der Waals surface area contributed by atoms with Gasteiger partial charge in [0.15, 0.2) is 0 Å². The Labute approximate surface area is 922 Å². The van der Waals surface area contributed by atoms with E-state index in [9.17, 15) is 21.9 Å². The van der Waals surface area contributed by atoms with Gasteiger partial charge in [-0.1, -0.05) is 16.7 Å². The summed E-state index contributed by atoms with van der Waals surface area (Å²) < 4.78 is 74.7. The van der Waals surface area contributed by atoms with Crippen LogP contribution in [0.2, 0.25) is 5.02 Å². The van der Waals surface area contributed by atoms with Crippen molar-refractivity contribution in [3.8, 4) is 17.2 Å². The van der Waals surface area contributed by atoms with Gasteiger partial charge in [0.1, 0.15) is 101 Å². The predicted octanol–water partition coefficient (Wildman–Crippen LogP) is 2.93. The molecule has 0 spiro atoms. The number of aliphatic hydroxyl groups is 1. The molecule has 7 aromatic carbocycles. The molecule has 8 heterocycles. The lowest BCUT2D eigenvalue weighted by Crippen LogP contribution is -3.00. The van der Waals surface area contributed by atoms with Gasteiger partial charge < -0.3 is 136 Å². The molecule has 14 aromatic rings. The van der Waals surface area contributed by atoms with Crippen LogP contribution in [0.1, 0.15) is 18.1 Å². The summed E-state index contributed by atoms with van der Waals surface area (Å²) in [5.41, 5.74) is 20.2. The van der Waals surface area contributed by atoms with E-state index in [1.54, 1.807) is 64.6 Å². The summed E-state index contributed by atoms with van der Waals surface area (Å²) in [6, 6.07) is 40.4. The first kappa shape index (κ1) is 132. The minimum atomic E-state index is -3.72. The minimum Gasteiger partial charge on any atom is -1.00 e. The predicted molar refractivity (Wildman–Crippen MR) is 560 cm³/mol. The molecule has 0 radical (unpaired) electrons. The van der Waals surface area contributed by atoms with E-state index in [-0.39, 0.29) is 68.6 Å². The summed E-state index contributed by atoms with van der Waals surface area (Å²) in [6.45, 7) is 13.8. The Bertz CT molecular complexity index is 6840. The van der Waals surface area contributed by atoms with Crippen molar-refractivity contribution in [2.45, 2.75) is 27.0 Å². The second kappa shape index (κ2) is 66.2. The monoisotopic (exact) mass is 2300 g/mol. The first-order valence-corrected chi connectivity index (χ1v) is 52.0. The van der Waals surface area contributed by atoms with Gasteiger partial charge in [0.25, 0.3) is 20.2 Å². The Morgan fingerprint density at radius 2 is 0.858 bits per heavy atom. The zero-order valence-electron chi connectivity index (χ0n) is 85.6. The third-order valence-electron chi connectivity index (χ3n) is 19.3. The standard InChI is InChI=1S/C13H17N5O2.C13H14N5S.C13H15N4OS.C13H17N4OS.2C13H17N4S.C12H14ClN4S.2CH4O4S.5ClH/c1-17-4-5-18(2)13(17)16-15-11-7-12(20-3)10(14)6-9(11)8-19;1-14-12-9-10(17(2)3)5-6-11(12)15-16-13-18(4)7-8-19-13;1-16-5-7-18-12-9-10(3-4-11(12)16)14-15-13-17(2)6-8-19-13;1-16(2)11-6-5-10(9-12(11)18-4)14-15-13-17(3)7-8-19-13;1-10-9-11(5-6-12(10)16(2)3)14-15-13-17(4)7-8-18-13;1-4-17-9-10-18-13(17)15-14-11-5-7-12(8-6-11)16(2)3;1-16(2)9-4-5-11(10(13)8-9)14-15-12-17(3)6-7-18-12;2*1-6(3,4)5-2;;;;;/h4-7,14,19H,8H2,1-3H3;5-9H,2-4H3;3-4,6,8-9H,5,7H2,1-2H3;5-9H,1-4H3;5-9H,1-4H3;5-10H,4H2,1-3H3;4-8H,1-3H3;2*2H,1H3;5*1H/q;6*+1;;;;;;;/p-6. The summed E-state index contributed by atoms with van der Waals surface area (Å²) in [5.74, 6) is 2.86. The first-order valence-electron chi connectivity index (χ1n) is 42.7. The van der Waals surface area contributed by atoms with Crippen LogP contribution in [0.25, 0.3) is 4.85 Å². The number of aromatic nitrogens is 8. The van der Waals surface area contributed by atoms with Crippen LogP contribution in [-0.2, 0) is 91.4 Å². The summed E-state index contributed by atoms with van der Waals surface area (Å²) in [4.78, 5) is 15.8. The van der Waals surface area contributed by atoms with E-state index in [2.05, 4.69) is 131 Å². The van der Waals surface area contributed by atoms with Crippen LogP contribution in [0.5, 0.6) is 17.2 Å². The van der Waals surface area contributed by atoms with Gasteiger partial charge in [0, 0.05) is 161 Å². The Morgan fingerprint density at radius 1 is 0.466 bits per heavy atom. The number of hydrogen-bond donors (Lipinski definition) is 2. The van der Waals surface area contributed by atoms with Crippen molar-refractivity contribution in [3.63, 3.8) is 0 Å². The van der Waals surface area contributed by atoms with Gasteiger partial charge in [0.2, 0.25) is 5.69 Å². The largest absolute Gasteiger partial charge is 1.00 e. The second-order valence-electron chi connectivity index (χ2n) is 31.3. The van der Waals surface area contributed by atoms with E-state index in [1.165, 1.54) is 41.0 Å². The number of nitrogens with zero attached hydrogens (tertiary/aromatic N) is 29. The number of halogens is 6. The molecule has 0 saturated heterocycles. The SMILES string of the molecule is CC[n+]1ccsc1N=Nc1ccc(N(C)C)cc1.CN(C)c1ccc(N=Nc2scc[n+]2C)c(Cl)c1.CN1CCOc2cc(N=Nc3scc[n+]3C)ccc21.COc1cc(N=Nc2n(C)cc[n+]2C)c(CO)cc1N.COc1cc(N=Nc2scc[n+]2C)ccc1N(C)C.CS(=O)(=O)O[O-].CS(=O)(=O)O[O-].Cc1cc(N=Nc2scc[n+]2C)ccc1N(C)C.[C-]#[N+]c1cc(N(C)C)ccc1N=Nc1scc[n+]1C.[Cl-].[Cl-].[Cl-].[Cl-].[Cl-]. The summed E-state index contributed by atoms with van der Waals surface area (Å²) in [7, 11) is 31.2. The molecule has 0 fully saturated rings. The number of aryl methyl sites for hydroxylation is 9. The van der Waals surface area contributed by atoms with Crippen LogP contribution in [0, 0.1) is 13.5 Å². The van der Waals surface area contributed by atoms with Crippen molar-refractivity contribution in [2.75, 3.05) is 153 Å². The Kier molecular flexibility index (Phi) is 58.9. The number of fused-ring (bicyclic) bond motifs is 1. The van der Waals surface area contributed by atoms with Crippen molar-refractivity contribution in [1.29, 1.82) is 0 Å². The van der Waals surface area contributed by atoms with E-state index >= 15 is 0 Å². The van der Waals surface area contributed by atoms with E-state index in [4.69, 9.17) is 48.6 Å². The number of anilines is 7. The molecular weight excluding hydrogens is 2190 g/mol. The molecule has 56 heteroatoms. The third kappa shape index (κ3) is 43.5. The topological polar surface area (TPSA) is 436 Å². The molecule has 7 aromatic heterocycles. The number of nitrogen functional groups attached to an aromatic ring is 1. The fraction of sp³-hybridized carbons (Fsp3) is 0.304. The highest BCUT2D eigenvalue weighted by atomic mass is 35.5. The van der Waals surface area contributed by atoms with Crippen molar-refractivity contribution >= 4 is 222 Å². The molecule has 0 unspecified atom stereocenters. The molecule has 798 valence electrons. The maximum absolute atomic E-state index is 9.47. The average molecular weight is 2310 g/mol. The normalized spacial score (nSPS) is 11.1. The molecule has 42 nitrogen and oxygen atoms in total. The lowest BCUT2D eigenvalue weighted by Gasteiger charge is -2.27. The average Bonchev–Trinajstić information content (AvgIpc) is 1.59. The lowest BCUT2D eigenvalue weighted by molar-refractivity contribution is -0.676. The van der Waals surface area contributed by atoms with Crippen molar-refractivity contribution < 1.29 is 149 Å². The van der Waals surface area contributed by atoms with Crippen molar-refractivity contribution in [3.05, 3.63) is 237 Å². The van der Waals surface area contributed by atoms with Crippen LogP contribution < -0.4 is 154 Å². The number of nitrogens with two attached hydrogens (primary N) is 1. The quantitative estimate of drug-likeness (QED) is 0.0207. The Hall–Kier alpha value is -12.3. The van der Waals surface area contributed by atoms with Gasteiger partial charge in [-0.25, -0.2) is 58.2 Å². The van der Waals surface area contributed by atoms with Crippen molar-refractivity contribution in [2.24, 2.45) is 121 Å². The highest BCUT2D eigenvalue weighted by Crippen LogP contribution is 2.39. The fourth-order valence-corrected chi connectivity index (χ4v) is 15.9. The van der Waals surface area contributed by atoms with Gasteiger partial charge in [-0.15, -0.1) is 0 Å². The van der Waals surface area contributed by atoms with Crippen LogP contribution in [0.15, 0.2) is 281 Å². The van der Waals surface area contributed by atoms with Gasteiger partial charge in [-0.3, -0.25) is 0 Å². The first-order chi connectivity index (χ1) is 68.0. The highest BCUT2D eigenvalue weighted by Gasteiger charge is 2.21. The van der Waals surface area contributed by atoms with Crippen LogP contribution in [0.3, 0.4) is 0 Å². The second-order valence-corrected chi connectivity index (χ2v) is 40.0. The maximum atomic E-state index is 9.47. The maximum Gasteiger partial charge on any atom is 0.421 e. The number of imidazole rings is 1. The number of aliphatic hydroxyl groups excluding tert-OH is 1. The molecule has 0 amide bonds. The minimum absolute atomic E-state index is 0. The molecule has 0 atom stereocenters. The van der Waals surface area contributed by atoms with Gasteiger partial charge in [0.05, 0.1) is 167 Å². The third-order valence-corrected chi connectivity index (χ3v) is 25.1. The zero-order valence-corrected chi connectivity index (χ0v) is 96.6. The van der Waals surface area contributed by atoms with E-state index in [1.807, 2.05) is 358 Å². The molecule has 0 aliphatic carbocycles. The lowest BCUT2D eigenvalue weighted by atomic mass is 10.1. The number of benzene rings is 7. The van der Waals surface area contributed by atoms with Crippen LogP contribution in [0.4, 0.5) is 122 Å². The number of azo groups is 7. The zero-order chi connectivity index (χ0) is 105. The molecule has 0 bridgehead atoms. The van der Waals surface area contributed by atoms with Gasteiger partial charge in [-0.05, 0) is 227 Å². The molecule has 1 aliphatic rings. The molecule has 15 rings (SSSR count). The molecule has 148 heavy (non-hydrogen) atoms. The summed E-state index contributed by atoms with van der Waals surface area (Å²) in [5, 5.41) is 104. The number of methoxy groups -OCH3 is 2. The van der Waals surface area contributed by atoms with E-state index < -0.39 is 20.2 Å². The van der Waals surface area contributed by atoms with Crippen LogP contribution >= 0.6 is 79.6 Å². The number of thiazole rings is 6. The molecule has 0 saturated carbocycles. The van der Waals surface area contributed by atoms with Gasteiger partial charge in [-0.2, -0.15) is 0 Å².